The van der Waals surface area contributed by atoms with Crippen molar-refractivity contribution in [2.24, 2.45) is 7.05 Å². The van der Waals surface area contributed by atoms with Crippen molar-refractivity contribution in [2.75, 3.05) is 6.54 Å². The molecule has 1 aromatic carbocycles. The quantitative estimate of drug-likeness (QED) is 0.830. The van der Waals surface area contributed by atoms with E-state index in [4.69, 9.17) is 11.6 Å². The number of nitrogens with one attached hydrogen (secondary N) is 1. The number of benzene rings is 1. The van der Waals surface area contributed by atoms with Gasteiger partial charge < -0.3 is 9.88 Å². The van der Waals surface area contributed by atoms with E-state index >= 15 is 0 Å². The van der Waals surface area contributed by atoms with E-state index in [-0.39, 0.29) is 0 Å². The van der Waals surface area contributed by atoms with Crippen LogP contribution >= 0.6 is 23.4 Å². The molecule has 1 aromatic heterocycles. The molecule has 0 radical (unpaired) electrons. The van der Waals surface area contributed by atoms with Gasteiger partial charge in [0.05, 0.1) is 5.02 Å². The Morgan fingerprint density at radius 2 is 2.15 bits per heavy atom. The topological polar surface area (TPSA) is 42.7 Å². The first-order chi connectivity index (χ1) is 9.61. The number of aryl methyl sites for hydroxylation is 1. The number of hydrogen-bond donors (Lipinski definition) is 1. The number of nitrogens with zero attached hydrogens (tertiary/aromatic N) is 3. The van der Waals surface area contributed by atoms with Gasteiger partial charge in [0.2, 0.25) is 0 Å². The second kappa shape index (κ2) is 7.11. The summed E-state index contributed by atoms with van der Waals surface area (Å²) in [5.41, 5.74) is 1.20. The highest BCUT2D eigenvalue weighted by molar-refractivity contribution is 7.99. The Bertz CT molecular complexity index is 583. The lowest BCUT2D eigenvalue weighted by molar-refractivity contribution is 0.675. The molecule has 6 heteroatoms. The molecule has 0 atom stereocenters. The highest BCUT2D eigenvalue weighted by atomic mass is 35.5. The first-order valence-corrected chi connectivity index (χ1v) is 7.84. The third kappa shape index (κ3) is 3.75. The maximum atomic E-state index is 6.35. The molecule has 0 saturated carbocycles. The van der Waals surface area contributed by atoms with Crippen molar-refractivity contribution in [2.45, 2.75) is 36.9 Å². The monoisotopic (exact) mass is 310 g/mol. The molecule has 108 valence electrons. The van der Waals surface area contributed by atoms with Crippen LogP contribution in [0.3, 0.4) is 0 Å². The average Bonchev–Trinajstić information content (AvgIpc) is 2.74. The van der Waals surface area contributed by atoms with Crippen LogP contribution in [0.2, 0.25) is 5.02 Å². The van der Waals surface area contributed by atoms with E-state index < -0.39 is 0 Å². The van der Waals surface area contributed by atoms with E-state index in [9.17, 15) is 0 Å². The van der Waals surface area contributed by atoms with Crippen molar-refractivity contribution in [3.8, 4) is 0 Å². The average molecular weight is 311 g/mol. The molecule has 2 aromatic rings. The van der Waals surface area contributed by atoms with Crippen LogP contribution in [-0.4, -0.2) is 21.3 Å². The number of halogens is 1. The molecule has 0 spiro atoms. The van der Waals surface area contributed by atoms with Crippen LogP contribution in [0.1, 0.15) is 24.7 Å². The molecule has 0 saturated heterocycles. The van der Waals surface area contributed by atoms with Crippen LogP contribution < -0.4 is 5.32 Å². The molecule has 1 heterocycles. The smallest absolute Gasteiger partial charge is 0.195 e. The lowest BCUT2D eigenvalue weighted by Crippen LogP contribution is -2.13. The summed E-state index contributed by atoms with van der Waals surface area (Å²) in [7, 11) is 1.95. The molecule has 0 bridgehead atoms. The normalized spacial score (nSPS) is 11.0. The minimum atomic E-state index is 0.756. The molecular weight excluding hydrogens is 292 g/mol. The van der Waals surface area contributed by atoms with Crippen LogP contribution in [0, 0.1) is 6.92 Å². The first-order valence-electron chi connectivity index (χ1n) is 6.64. The highest BCUT2D eigenvalue weighted by Gasteiger charge is 2.10. The summed E-state index contributed by atoms with van der Waals surface area (Å²) in [5.74, 6) is 0.893. The van der Waals surface area contributed by atoms with Crippen LogP contribution in [-0.2, 0) is 13.6 Å². The van der Waals surface area contributed by atoms with E-state index in [0.717, 1.165) is 40.4 Å². The van der Waals surface area contributed by atoms with Gasteiger partial charge in [-0.05, 0) is 49.3 Å². The van der Waals surface area contributed by atoms with Crippen LogP contribution in [0.15, 0.2) is 28.3 Å². The van der Waals surface area contributed by atoms with Crippen LogP contribution in [0.4, 0.5) is 0 Å². The highest BCUT2D eigenvalue weighted by Crippen LogP contribution is 2.32. The molecule has 0 amide bonds. The molecule has 1 N–H and O–H groups in total. The lowest BCUT2D eigenvalue weighted by atomic mass is 10.2. The van der Waals surface area contributed by atoms with Gasteiger partial charge >= 0.3 is 0 Å². The van der Waals surface area contributed by atoms with Gasteiger partial charge in [-0.15, -0.1) is 10.2 Å². The maximum absolute atomic E-state index is 6.35. The molecule has 0 aliphatic rings. The third-order valence-electron chi connectivity index (χ3n) is 3.01. The Morgan fingerprint density at radius 3 is 2.75 bits per heavy atom. The molecular formula is C14H19ClN4S. The zero-order valence-electron chi connectivity index (χ0n) is 12.0. The van der Waals surface area contributed by atoms with Crippen molar-refractivity contribution >= 4 is 23.4 Å². The first kappa shape index (κ1) is 15.4. The number of hydrogen-bond acceptors (Lipinski definition) is 4. The largest absolute Gasteiger partial charge is 0.313 e. The van der Waals surface area contributed by atoms with E-state index in [2.05, 4.69) is 28.5 Å². The van der Waals surface area contributed by atoms with Crippen molar-refractivity contribution < 1.29 is 0 Å². The Hall–Kier alpha value is -1.04. The Balaban J connectivity index is 2.08. The molecule has 0 aliphatic heterocycles. The minimum absolute atomic E-state index is 0.756. The molecule has 2 rings (SSSR count). The maximum Gasteiger partial charge on any atom is 0.195 e. The summed E-state index contributed by atoms with van der Waals surface area (Å²) in [6, 6.07) is 6.15. The predicted molar refractivity (Wildman–Crippen MR) is 83.3 cm³/mol. The van der Waals surface area contributed by atoms with Gasteiger partial charge in [0, 0.05) is 18.5 Å². The SMILES string of the molecule is CCCNCc1ccc(Sc2nnc(C)n2C)c(Cl)c1. The van der Waals surface area contributed by atoms with Crippen molar-refractivity contribution in [1.82, 2.24) is 20.1 Å². The van der Waals surface area contributed by atoms with E-state index in [1.165, 1.54) is 17.3 Å². The second-order valence-corrected chi connectivity index (χ2v) is 6.05. The Kier molecular flexibility index (Phi) is 5.46. The molecule has 0 aliphatic carbocycles. The fourth-order valence-corrected chi connectivity index (χ4v) is 2.88. The lowest BCUT2D eigenvalue weighted by Gasteiger charge is -2.07. The third-order valence-corrected chi connectivity index (χ3v) is 4.54. The summed E-state index contributed by atoms with van der Waals surface area (Å²) < 4.78 is 1.96. The molecule has 0 unspecified atom stereocenters. The summed E-state index contributed by atoms with van der Waals surface area (Å²) in [5, 5.41) is 13.2. The van der Waals surface area contributed by atoms with Crippen molar-refractivity contribution in [1.29, 1.82) is 0 Å². The Morgan fingerprint density at radius 1 is 1.35 bits per heavy atom. The zero-order valence-corrected chi connectivity index (χ0v) is 13.6. The van der Waals surface area contributed by atoms with Crippen LogP contribution in [0.25, 0.3) is 0 Å². The van der Waals surface area contributed by atoms with E-state index in [0.29, 0.717) is 0 Å². The zero-order chi connectivity index (χ0) is 14.5. The summed E-state index contributed by atoms with van der Waals surface area (Å²) in [6.07, 6.45) is 1.13. The van der Waals surface area contributed by atoms with Gasteiger partial charge in [-0.25, -0.2) is 0 Å². The van der Waals surface area contributed by atoms with E-state index in [1.807, 2.05) is 30.7 Å². The molecule has 0 fully saturated rings. The van der Waals surface area contributed by atoms with E-state index in [1.54, 1.807) is 0 Å². The van der Waals surface area contributed by atoms with Gasteiger partial charge in [-0.1, -0.05) is 24.6 Å². The predicted octanol–water partition coefficient (Wildman–Crippen LogP) is 3.43. The second-order valence-electron chi connectivity index (χ2n) is 4.63. The minimum Gasteiger partial charge on any atom is -0.313 e. The molecule has 4 nitrogen and oxygen atoms in total. The van der Waals surface area contributed by atoms with Gasteiger partial charge in [-0.3, -0.25) is 0 Å². The van der Waals surface area contributed by atoms with Crippen molar-refractivity contribution in [3.05, 3.63) is 34.6 Å². The summed E-state index contributed by atoms with van der Waals surface area (Å²) >= 11 is 7.88. The van der Waals surface area contributed by atoms with Crippen molar-refractivity contribution in [3.63, 3.8) is 0 Å². The van der Waals surface area contributed by atoms with Crippen LogP contribution in [0.5, 0.6) is 0 Å². The number of aromatic nitrogens is 3. The van der Waals surface area contributed by atoms with Gasteiger partial charge in [0.25, 0.3) is 0 Å². The summed E-state index contributed by atoms with van der Waals surface area (Å²) in [4.78, 5) is 1.00. The van der Waals surface area contributed by atoms with Gasteiger partial charge in [0.1, 0.15) is 5.82 Å². The van der Waals surface area contributed by atoms with Gasteiger partial charge in [0.15, 0.2) is 5.16 Å². The number of rotatable bonds is 6. The standard InChI is InChI=1S/C14H19ClN4S/c1-4-7-16-9-11-5-6-13(12(15)8-11)20-14-18-17-10(2)19(14)3/h5-6,8,16H,4,7,9H2,1-3H3. The van der Waals surface area contributed by atoms with Gasteiger partial charge in [-0.2, -0.15) is 0 Å². The molecule has 20 heavy (non-hydrogen) atoms. The fourth-order valence-electron chi connectivity index (χ4n) is 1.72. The fraction of sp³-hybridized carbons (Fsp3) is 0.429. The summed E-state index contributed by atoms with van der Waals surface area (Å²) in [6.45, 7) is 5.96. The Labute approximate surface area is 128 Å².